The van der Waals surface area contributed by atoms with E-state index in [9.17, 15) is 18.0 Å². The molecule has 4 aromatic rings. The molecule has 0 bridgehead atoms. The van der Waals surface area contributed by atoms with Gasteiger partial charge in [0.1, 0.15) is 12.6 Å². The number of sulfonamides is 1. The van der Waals surface area contributed by atoms with Gasteiger partial charge in [0, 0.05) is 46.2 Å². The van der Waals surface area contributed by atoms with Crippen LogP contribution in [0.1, 0.15) is 30.9 Å². The molecule has 2 amide bonds. The second-order valence-corrected chi connectivity index (χ2v) is 14.2. The van der Waals surface area contributed by atoms with E-state index in [0.29, 0.717) is 32.9 Å². The van der Waals surface area contributed by atoms with Crippen LogP contribution in [0.3, 0.4) is 0 Å². The van der Waals surface area contributed by atoms with Crippen LogP contribution in [0, 0.1) is 0 Å². The van der Waals surface area contributed by atoms with Crippen LogP contribution in [0.2, 0.25) is 15.1 Å². The Balaban J connectivity index is 1.84. The summed E-state index contributed by atoms with van der Waals surface area (Å²) in [5, 5.41) is 3.92. The molecule has 0 aromatic heterocycles. The summed E-state index contributed by atoms with van der Waals surface area (Å²) in [6.45, 7) is 1.57. The molecule has 1 atom stereocenters. The number of carbonyl (C=O) groups excluding carboxylic acids is 2. The van der Waals surface area contributed by atoms with Gasteiger partial charge in [-0.25, -0.2) is 8.42 Å². The molecule has 0 heterocycles. The number of anilines is 1. The van der Waals surface area contributed by atoms with E-state index < -0.39 is 34.4 Å². The fraction of sp³-hybridized carbons (Fsp3) is 0.278. The van der Waals surface area contributed by atoms with Gasteiger partial charge in [0.2, 0.25) is 11.8 Å². The van der Waals surface area contributed by atoms with Crippen LogP contribution in [0.5, 0.6) is 11.5 Å². The van der Waals surface area contributed by atoms with Gasteiger partial charge >= 0.3 is 0 Å². The van der Waals surface area contributed by atoms with Gasteiger partial charge in [0.05, 0.1) is 24.8 Å². The van der Waals surface area contributed by atoms with Gasteiger partial charge in [-0.1, -0.05) is 84.5 Å². The first kappa shape index (κ1) is 37.9. The van der Waals surface area contributed by atoms with Crippen LogP contribution in [0.15, 0.2) is 95.9 Å². The maximum atomic E-state index is 14.7. The molecule has 4 rings (SSSR count). The number of nitrogens with zero attached hydrogens (tertiary/aromatic N) is 2. The predicted octanol–water partition coefficient (Wildman–Crippen LogP) is 7.42. The Labute approximate surface area is 302 Å². The van der Waals surface area contributed by atoms with Crippen molar-refractivity contribution < 1.29 is 27.5 Å². The van der Waals surface area contributed by atoms with Gasteiger partial charge in [-0.2, -0.15) is 0 Å². The number of hydrogen-bond donors (Lipinski definition) is 1. The molecule has 1 N–H and O–H groups in total. The van der Waals surface area contributed by atoms with E-state index in [2.05, 4.69) is 5.32 Å². The van der Waals surface area contributed by atoms with Crippen molar-refractivity contribution >= 4 is 62.3 Å². The van der Waals surface area contributed by atoms with Gasteiger partial charge in [-0.15, -0.1) is 0 Å². The topological polar surface area (TPSA) is 105 Å². The van der Waals surface area contributed by atoms with E-state index in [1.165, 1.54) is 61.6 Å². The minimum Gasteiger partial charge on any atom is -0.493 e. The van der Waals surface area contributed by atoms with Crippen LogP contribution >= 0.6 is 34.8 Å². The lowest BCUT2D eigenvalue weighted by atomic mass is 10.0. The van der Waals surface area contributed by atoms with Crippen molar-refractivity contribution in [3.63, 3.8) is 0 Å². The highest BCUT2D eigenvalue weighted by Gasteiger charge is 2.35. The van der Waals surface area contributed by atoms with E-state index in [-0.39, 0.29) is 29.3 Å². The largest absolute Gasteiger partial charge is 0.493 e. The molecule has 13 heteroatoms. The number of unbranched alkanes of at least 4 members (excludes halogenated alkanes) is 1. The fourth-order valence-electron chi connectivity index (χ4n) is 5.15. The van der Waals surface area contributed by atoms with Crippen LogP contribution in [0.4, 0.5) is 5.69 Å². The van der Waals surface area contributed by atoms with Crippen molar-refractivity contribution in [2.24, 2.45) is 0 Å². The first-order valence-electron chi connectivity index (χ1n) is 15.5. The number of ether oxygens (including phenoxy) is 2. The third-order valence-corrected chi connectivity index (χ3v) is 10.6. The lowest BCUT2D eigenvalue weighted by molar-refractivity contribution is -0.140. The van der Waals surface area contributed by atoms with Gasteiger partial charge in [0.25, 0.3) is 10.0 Å². The number of amides is 2. The van der Waals surface area contributed by atoms with Crippen molar-refractivity contribution in [3.8, 4) is 11.5 Å². The molecular formula is C36H38Cl3N3O6S. The smallest absolute Gasteiger partial charge is 0.264 e. The summed E-state index contributed by atoms with van der Waals surface area (Å²) < 4.78 is 40.4. The Bertz CT molecular complexity index is 1820. The molecule has 0 fully saturated rings. The van der Waals surface area contributed by atoms with Crippen molar-refractivity contribution in [1.82, 2.24) is 10.2 Å². The summed E-state index contributed by atoms with van der Waals surface area (Å²) in [5.74, 6) is -0.542. The van der Waals surface area contributed by atoms with E-state index in [1.54, 1.807) is 18.2 Å². The summed E-state index contributed by atoms with van der Waals surface area (Å²) >= 11 is 19.3. The van der Waals surface area contributed by atoms with Crippen molar-refractivity contribution in [1.29, 1.82) is 0 Å². The number of methoxy groups -OCH3 is 2. The monoisotopic (exact) mass is 745 g/mol. The quantitative estimate of drug-likeness (QED) is 0.120. The zero-order valence-corrected chi connectivity index (χ0v) is 30.5. The summed E-state index contributed by atoms with van der Waals surface area (Å²) in [7, 11) is -1.58. The average molecular weight is 747 g/mol. The SMILES string of the molecule is CCCCNC(=O)[C@@H](Cc1ccccc1)N(Cc1c(Cl)cccc1Cl)C(=O)CN(c1ccc(Cl)cc1)S(=O)(=O)c1ccc(OC)c(OC)c1. The Kier molecular flexibility index (Phi) is 13.6. The van der Waals surface area contributed by atoms with Crippen molar-refractivity contribution in [3.05, 3.63) is 117 Å². The van der Waals surface area contributed by atoms with Crippen LogP contribution in [-0.2, 0) is 32.6 Å². The van der Waals surface area contributed by atoms with E-state index in [1.807, 2.05) is 37.3 Å². The number of benzene rings is 4. The molecule has 4 aromatic carbocycles. The Hall–Kier alpha value is -3.96. The summed E-state index contributed by atoms with van der Waals surface area (Å²) in [5.41, 5.74) is 1.39. The van der Waals surface area contributed by atoms with Gasteiger partial charge in [-0.05, 0) is 60.5 Å². The molecule has 9 nitrogen and oxygen atoms in total. The third-order valence-electron chi connectivity index (χ3n) is 7.83. The average Bonchev–Trinajstić information content (AvgIpc) is 3.10. The summed E-state index contributed by atoms with van der Waals surface area (Å²) in [4.78, 5) is 29.8. The van der Waals surface area contributed by atoms with Gasteiger partial charge < -0.3 is 19.7 Å². The van der Waals surface area contributed by atoms with Crippen molar-refractivity contribution in [2.45, 2.75) is 43.7 Å². The first-order valence-corrected chi connectivity index (χ1v) is 18.1. The van der Waals surface area contributed by atoms with E-state index >= 15 is 0 Å². The predicted molar refractivity (Wildman–Crippen MR) is 194 cm³/mol. The van der Waals surface area contributed by atoms with Crippen LogP contribution in [0.25, 0.3) is 0 Å². The Morgan fingerprint density at radius 3 is 2.10 bits per heavy atom. The van der Waals surface area contributed by atoms with Crippen LogP contribution in [-0.4, -0.2) is 58.5 Å². The number of hydrogen-bond acceptors (Lipinski definition) is 6. The molecule has 0 saturated carbocycles. The molecule has 0 spiro atoms. The maximum absolute atomic E-state index is 14.7. The number of carbonyl (C=O) groups is 2. The first-order chi connectivity index (χ1) is 23.5. The molecule has 0 saturated heterocycles. The Morgan fingerprint density at radius 2 is 1.49 bits per heavy atom. The molecule has 0 unspecified atom stereocenters. The molecule has 0 aliphatic carbocycles. The number of halogens is 3. The minimum atomic E-state index is -4.41. The van der Waals surface area contributed by atoms with E-state index in [4.69, 9.17) is 44.3 Å². The molecular weight excluding hydrogens is 709 g/mol. The van der Waals surface area contributed by atoms with Gasteiger partial charge in [0.15, 0.2) is 11.5 Å². The standard InChI is InChI=1S/C36H38Cl3N3O6S/c1-4-5-20-40-36(44)32(21-25-10-7-6-8-11-25)41(23-29-30(38)12-9-13-31(29)39)35(43)24-42(27-16-14-26(37)15-17-27)49(45,46)28-18-19-33(47-2)34(22-28)48-3/h6-19,22,32H,4-5,20-21,23-24H2,1-3H3,(H,40,44)/t32-/m1/s1. The zero-order chi connectivity index (χ0) is 35.6. The normalized spacial score (nSPS) is 11.8. The number of nitrogens with one attached hydrogen (secondary N) is 1. The van der Waals surface area contributed by atoms with Crippen molar-refractivity contribution in [2.75, 3.05) is 31.6 Å². The molecule has 0 aliphatic heterocycles. The highest BCUT2D eigenvalue weighted by molar-refractivity contribution is 7.92. The molecule has 0 radical (unpaired) electrons. The van der Waals surface area contributed by atoms with Gasteiger partial charge in [-0.3, -0.25) is 13.9 Å². The van der Waals surface area contributed by atoms with E-state index in [0.717, 1.165) is 22.7 Å². The maximum Gasteiger partial charge on any atom is 0.264 e. The van der Waals surface area contributed by atoms with Crippen LogP contribution < -0.4 is 19.1 Å². The minimum absolute atomic E-state index is 0.147. The highest BCUT2D eigenvalue weighted by atomic mass is 35.5. The molecule has 0 aliphatic rings. The highest BCUT2D eigenvalue weighted by Crippen LogP contribution is 2.33. The lowest BCUT2D eigenvalue weighted by Crippen LogP contribution is -2.53. The summed E-state index contributed by atoms with van der Waals surface area (Å²) in [6.07, 6.45) is 1.74. The molecule has 49 heavy (non-hydrogen) atoms. The Morgan fingerprint density at radius 1 is 0.837 bits per heavy atom. The second-order valence-electron chi connectivity index (χ2n) is 11.1. The molecule has 260 valence electrons. The lowest BCUT2D eigenvalue weighted by Gasteiger charge is -2.34. The fourth-order valence-corrected chi connectivity index (χ4v) is 7.23. The summed E-state index contributed by atoms with van der Waals surface area (Å²) in [6, 6.07) is 23.4. The zero-order valence-electron chi connectivity index (χ0n) is 27.4. The third kappa shape index (κ3) is 9.60. The number of rotatable bonds is 16. The second kappa shape index (κ2) is 17.6.